The number of ether oxygens (including phenoxy) is 3. The van der Waals surface area contributed by atoms with Crippen molar-refractivity contribution >= 4 is 28.4 Å². The topological polar surface area (TPSA) is 139 Å². The van der Waals surface area contributed by atoms with Crippen molar-refractivity contribution in [1.82, 2.24) is 15.3 Å². The van der Waals surface area contributed by atoms with Gasteiger partial charge in [-0.2, -0.15) is 13.2 Å². The average molecular weight is 480 g/mol. The van der Waals surface area contributed by atoms with Crippen molar-refractivity contribution < 1.29 is 41.4 Å². The Morgan fingerprint density at radius 2 is 1.91 bits per heavy atom. The number of aromatic nitrogens is 2. The van der Waals surface area contributed by atoms with Crippen molar-refractivity contribution in [2.24, 2.45) is 5.73 Å². The number of rotatable bonds is 8. The van der Waals surface area contributed by atoms with Gasteiger partial charge in [-0.1, -0.05) is 0 Å². The molecule has 1 amide bonds. The monoisotopic (exact) mass is 480 g/mol. The highest BCUT2D eigenvalue weighted by atomic mass is 19.4. The summed E-state index contributed by atoms with van der Waals surface area (Å²) in [6, 6.07) is 5.73. The molecule has 1 unspecified atom stereocenters. The minimum atomic E-state index is -4.93. The number of fused-ring (bicyclic) bond motifs is 1. The molecule has 0 aliphatic rings. The Bertz CT molecular complexity index is 1210. The number of alkyl halides is 3. The molecular weight excluding hydrogens is 461 g/mol. The molecule has 3 rings (SSSR count). The first-order chi connectivity index (χ1) is 16.2. The molecule has 0 aliphatic carbocycles. The third-order valence-electron chi connectivity index (χ3n) is 4.43. The lowest BCUT2D eigenvalue weighted by atomic mass is 10.1. The van der Waals surface area contributed by atoms with Gasteiger partial charge in [0, 0.05) is 31.1 Å². The molecule has 1 aromatic carbocycles. The molecule has 180 valence electrons. The molecule has 0 bridgehead atoms. The Hall–Kier alpha value is -4.13. The zero-order valence-corrected chi connectivity index (χ0v) is 17.9. The number of furan rings is 1. The van der Waals surface area contributed by atoms with Crippen LogP contribution in [0.15, 0.2) is 47.3 Å². The fourth-order valence-electron chi connectivity index (χ4n) is 2.90. The number of halogens is 3. The van der Waals surface area contributed by atoms with E-state index in [0.717, 1.165) is 13.3 Å². The third-order valence-corrected chi connectivity index (χ3v) is 4.43. The number of amides is 1. The molecule has 13 heteroatoms. The molecule has 1 atom stereocenters. The molecule has 3 aromatic rings. The molecule has 0 radical (unpaired) electrons. The normalized spacial score (nSPS) is 12.9. The van der Waals surface area contributed by atoms with Crippen molar-refractivity contribution in [2.45, 2.75) is 19.0 Å². The minimum Gasteiger partial charge on any atom is -0.497 e. The number of carbonyl (C=O) groups excluding carboxylic acids is 2. The second-order valence-corrected chi connectivity index (χ2v) is 6.66. The highest BCUT2D eigenvalue weighted by molar-refractivity contribution is 6.18. The predicted octanol–water partition coefficient (Wildman–Crippen LogP) is 2.54. The van der Waals surface area contributed by atoms with E-state index in [1.165, 1.54) is 37.7 Å². The molecule has 10 nitrogen and oxygen atoms in total. The Morgan fingerprint density at radius 3 is 2.50 bits per heavy atom. The molecule has 0 saturated heterocycles. The SMILES string of the molecule is COc1cc(C(=O)OC(OC)C(F)(F)F)c2oc(CNC(=O)/C(=C/N)c3ncccn3)cc2c1. The fraction of sp³-hybridized carbons (Fsp3) is 0.238. The average Bonchev–Trinajstić information content (AvgIpc) is 3.23. The molecule has 2 heterocycles. The summed E-state index contributed by atoms with van der Waals surface area (Å²) >= 11 is 0. The van der Waals surface area contributed by atoms with Gasteiger partial charge in [-0.3, -0.25) is 4.79 Å². The van der Waals surface area contributed by atoms with E-state index < -0.39 is 24.3 Å². The van der Waals surface area contributed by atoms with Crippen molar-refractivity contribution in [1.29, 1.82) is 0 Å². The van der Waals surface area contributed by atoms with E-state index in [9.17, 15) is 22.8 Å². The van der Waals surface area contributed by atoms with Crippen LogP contribution < -0.4 is 15.8 Å². The van der Waals surface area contributed by atoms with Gasteiger partial charge in [0.2, 0.25) is 0 Å². The van der Waals surface area contributed by atoms with E-state index in [0.29, 0.717) is 5.39 Å². The first kappa shape index (κ1) is 24.5. The summed E-state index contributed by atoms with van der Waals surface area (Å²) in [5.74, 6) is -1.46. The van der Waals surface area contributed by atoms with Crippen molar-refractivity contribution in [3.05, 3.63) is 60.0 Å². The second kappa shape index (κ2) is 10.2. The Kier molecular flexibility index (Phi) is 7.36. The Morgan fingerprint density at radius 1 is 1.21 bits per heavy atom. The summed E-state index contributed by atoms with van der Waals surface area (Å²) in [7, 11) is 2.07. The van der Waals surface area contributed by atoms with Crippen molar-refractivity contribution in [3.8, 4) is 5.75 Å². The van der Waals surface area contributed by atoms with Crippen LogP contribution in [0.2, 0.25) is 0 Å². The first-order valence-electron chi connectivity index (χ1n) is 9.56. The smallest absolute Gasteiger partial charge is 0.452 e. The summed E-state index contributed by atoms with van der Waals surface area (Å²) in [6.07, 6.45) is -3.76. The van der Waals surface area contributed by atoms with Gasteiger partial charge in [-0.05, 0) is 24.3 Å². The minimum absolute atomic E-state index is 0.0143. The van der Waals surface area contributed by atoms with E-state index in [1.54, 1.807) is 6.07 Å². The van der Waals surface area contributed by atoms with Crippen LogP contribution in [0.25, 0.3) is 16.5 Å². The number of methoxy groups -OCH3 is 2. The Balaban J connectivity index is 1.84. The summed E-state index contributed by atoms with van der Waals surface area (Å²) in [5.41, 5.74) is 5.15. The number of nitrogens with zero attached hydrogens (tertiary/aromatic N) is 2. The maximum Gasteiger partial charge on any atom is 0.452 e. The molecule has 3 N–H and O–H groups in total. The number of nitrogens with two attached hydrogens (primary N) is 1. The number of nitrogens with one attached hydrogen (secondary N) is 1. The van der Waals surface area contributed by atoms with Gasteiger partial charge in [-0.15, -0.1) is 0 Å². The van der Waals surface area contributed by atoms with Crippen LogP contribution in [0.3, 0.4) is 0 Å². The molecule has 34 heavy (non-hydrogen) atoms. The number of esters is 1. The zero-order valence-electron chi connectivity index (χ0n) is 17.9. The molecule has 2 aromatic heterocycles. The van der Waals surface area contributed by atoms with Crippen LogP contribution in [0, 0.1) is 0 Å². The van der Waals surface area contributed by atoms with Gasteiger partial charge in [0.25, 0.3) is 12.2 Å². The van der Waals surface area contributed by atoms with Crippen LogP contribution in [0.1, 0.15) is 21.9 Å². The van der Waals surface area contributed by atoms with Crippen LogP contribution >= 0.6 is 0 Å². The van der Waals surface area contributed by atoms with Crippen molar-refractivity contribution in [2.75, 3.05) is 14.2 Å². The lowest BCUT2D eigenvalue weighted by Crippen LogP contribution is -2.35. The largest absolute Gasteiger partial charge is 0.497 e. The summed E-state index contributed by atoms with van der Waals surface area (Å²) in [6.45, 7) is -0.141. The second-order valence-electron chi connectivity index (χ2n) is 6.66. The van der Waals surface area contributed by atoms with E-state index in [-0.39, 0.29) is 40.6 Å². The van der Waals surface area contributed by atoms with E-state index in [4.69, 9.17) is 14.9 Å². The van der Waals surface area contributed by atoms with E-state index in [1.807, 2.05) is 0 Å². The van der Waals surface area contributed by atoms with Gasteiger partial charge in [0.15, 0.2) is 5.82 Å². The predicted molar refractivity (Wildman–Crippen MR) is 111 cm³/mol. The molecule has 0 spiro atoms. The molecule has 0 fully saturated rings. The fourth-order valence-corrected chi connectivity index (χ4v) is 2.90. The maximum absolute atomic E-state index is 12.9. The van der Waals surface area contributed by atoms with Gasteiger partial charge < -0.3 is 29.7 Å². The van der Waals surface area contributed by atoms with Crippen molar-refractivity contribution in [3.63, 3.8) is 0 Å². The lowest BCUT2D eigenvalue weighted by molar-refractivity contribution is -0.283. The molecule has 0 aliphatic heterocycles. The number of benzene rings is 1. The van der Waals surface area contributed by atoms with Gasteiger partial charge >= 0.3 is 12.1 Å². The van der Waals surface area contributed by atoms with Gasteiger partial charge in [0.05, 0.1) is 19.2 Å². The summed E-state index contributed by atoms with van der Waals surface area (Å²) in [4.78, 5) is 32.9. The quantitative estimate of drug-likeness (QED) is 0.283. The molecular formula is C21H19F3N4O6. The lowest BCUT2D eigenvalue weighted by Gasteiger charge is -2.18. The van der Waals surface area contributed by atoms with Crippen LogP contribution in [-0.2, 0) is 20.8 Å². The highest BCUT2D eigenvalue weighted by Crippen LogP contribution is 2.31. The summed E-state index contributed by atoms with van der Waals surface area (Å²) in [5, 5.41) is 2.90. The number of hydrogen-bond acceptors (Lipinski definition) is 9. The van der Waals surface area contributed by atoms with Crippen LogP contribution in [-0.4, -0.2) is 48.5 Å². The van der Waals surface area contributed by atoms with Gasteiger partial charge in [0.1, 0.15) is 22.7 Å². The molecule has 0 saturated carbocycles. The van der Waals surface area contributed by atoms with Gasteiger partial charge in [-0.25, -0.2) is 14.8 Å². The standard InChI is InChI=1S/C21H19F3N4O6/c1-31-12-6-11-7-13(10-28-18(29)15(9-25)17-26-4-3-5-27-17)33-16(11)14(8-12)19(30)34-20(32-2)21(22,23)24/h3-9,20H,10,25H2,1-2H3,(H,28,29)/b15-9+. The number of carbonyl (C=O) groups is 2. The third kappa shape index (κ3) is 5.43. The van der Waals surface area contributed by atoms with E-state index in [2.05, 4.69) is 24.8 Å². The maximum atomic E-state index is 12.9. The van der Waals surface area contributed by atoms with Crippen LogP contribution in [0.5, 0.6) is 5.75 Å². The summed E-state index contributed by atoms with van der Waals surface area (Å²) < 4.78 is 58.2. The van der Waals surface area contributed by atoms with Crippen LogP contribution in [0.4, 0.5) is 13.2 Å². The van der Waals surface area contributed by atoms with E-state index >= 15 is 0 Å². The number of hydrogen-bond donors (Lipinski definition) is 2. The zero-order chi connectivity index (χ0) is 24.9. The first-order valence-corrected chi connectivity index (χ1v) is 9.56. The highest BCUT2D eigenvalue weighted by Gasteiger charge is 2.44. The Labute approximate surface area is 190 Å².